The first-order chi connectivity index (χ1) is 16.3. The molecule has 1 aliphatic heterocycles. The Morgan fingerprint density at radius 2 is 1.88 bits per heavy atom. The highest BCUT2D eigenvalue weighted by Gasteiger charge is 2.76. The number of ketones is 1. The van der Waals surface area contributed by atoms with Crippen molar-refractivity contribution >= 4 is 23.8 Å². The lowest BCUT2D eigenvalue weighted by atomic mass is 9.35. The van der Waals surface area contributed by atoms with Crippen LogP contribution in [0.5, 0.6) is 0 Å². The molecule has 5 aliphatic carbocycles. The number of benzene rings is 1. The van der Waals surface area contributed by atoms with Crippen LogP contribution in [0.4, 0.5) is 0 Å². The highest BCUT2D eigenvalue weighted by Crippen LogP contribution is 2.73. The minimum absolute atomic E-state index is 0.0170. The molecule has 34 heavy (non-hydrogen) atoms. The Balaban J connectivity index is 1.40. The summed E-state index contributed by atoms with van der Waals surface area (Å²) in [4.78, 5) is 40.4. The molecule has 6 aliphatic rings. The number of Topliss-reactive ketones (excluding diaryl/α,β-unsaturated/α-hetero) is 1. The highest BCUT2D eigenvalue weighted by molar-refractivity contribution is 6.03. The highest BCUT2D eigenvalue weighted by atomic mass is 16.5. The van der Waals surface area contributed by atoms with Crippen LogP contribution in [0.3, 0.4) is 0 Å². The zero-order valence-electron chi connectivity index (χ0n) is 19.8. The topological polar surface area (TPSA) is 69.7 Å². The van der Waals surface area contributed by atoms with Crippen LogP contribution in [-0.4, -0.2) is 30.4 Å². The fraction of sp³-hybridized carbons (Fsp3) is 0.552. The average Bonchev–Trinajstić information content (AvgIpc) is 2.84. The number of carbonyl (C=O) groups is 3. The van der Waals surface area contributed by atoms with E-state index in [4.69, 9.17) is 9.47 Å². The van der Waals surface area contributed by atoms with Crippen molar-refractivity contribution in [2.45, 2.75) is 58.0 Å². The number of fused-ring (bicyclic) bond motifs is 2. The number of esters is 2. The first kappa shape index (κ1) is 21.8. The molecule has 0 N–H and O–H groups in total. The molecule has 178 valence electrons. The molecule has 1 aromatic carbocycles. The largest absolute Gasteiger partial charge is 0.465 e. The van der Waals surface area contributed by atoms with Gasteiger partial charge in [-0.2, -0.15) is 0 Å². The summed E-state index contributed by atoms with van der Waals surface area (Å²) in [6.45, 7) is 6.77. The number of rotatable bonds is 3. The lowest BCUT2D eigenvalue weighted by Gasteiger charge is -2.69. The van der Waals surface area contributed by atoms with Crippen molar-refractivity contribution in [2.75, 3.05) is 6.61 Å². The van der Waals surface area contributed by atoms with Gasteiger partial charge in [0.1, 0.15) is 6.10 Å². The van der Waals surface area contributed by atoms with E-state index in [0.29, 0.717) is 25.0 Å². The van der Waals surface area contributed by atoms with Crippen LogP contribution in [0.25, 0.3) is 6.08 Å². The van der Waals surface area contributed by atoms with Gasteiger partial charge in [-0.25, -0.2) is 4.79 Å². The summed E-state index contributed by atoms with van der Waals surface area (Å²) >= 11 is 0. The third kappa shape index (κ3) is 2.76. The fourth-order valence-electron chi connectivity index (χ4n) is 8.55. The number of carbonyl (C=O) groups excluding carboxylic acids is 3. The fourth-order valence-corrected chi connectivity index (χ4v) is 8.55. The Morgan fingerprint density at radius 3 is 2.68 bits per heavy atom. The quantitative estimate of drug-likeness (QED) is 0.474. The Morgan fingerprint density at radius 1 is 1.09 bits per heavy atom. The van der Waals surface area contributed by atoms with Crippen LogP contribution < -0.4 is 0 Å². The molecule has 4 bridgehead atoms. The van der Waals surface area contributed by atoms with Crippen molar-refractivity contribution in [3.8, 4) is 0 Å². The van der Waals surface area contributed by atoms with Gasteiger partial charge in [-0.15, -0.1) is 0 Å². The van der Waals surface area contributed by atoms with Gasteiger partial charge in [0.2, 0.25) is 0 Å². The molecule has 1 aromatic rings. The van der Waals surface area contributed by atoms with Crippen molar-refractivity contribution in [2.24, 2.45) is 34.0 Å². The predicted molar refractivity (Wildman–Crippen MR) is 126 cm³/mol. The van der Waals surface area contributed by atoms with Crippen molar-refractivity contribution in [3.63, 3.8) is 0 Å². The molecule has 1 saturated heterocycles. The normalized spacial score (nSPS) is 42.7. The number of hydrogen-bond acceptors (Lipinski definition) is 5. The van der Waals surface area contributed by atoms with Crippen molar-refractivity contribution < 1.29 is 23.9 Å². The van der Waals surface area contributed by atoms with Gasteiger partial charge >= 0.3 is 11.9 Å². The maximum absolute atomic E-state index is 13.9. The minimum atomic E-state index is -0.868. The third-order valence-electron chi connectivity index (χ3n) is 10.1. The van der Waals surface area contributed by atoms with E-state index in [1.807, 2.05) is 30.3 Å². The van der Waals surface area contributed by atoms with Gasteiger partial charge in [-0.3, -0.25) is 9.59 Å². The first-order valence-electron chi connectivity index (χ1n) is 12.7. The molecule has 1 heterocycles. The lowest BCUT2D eigenvalue weighted by Crippen LogP contribution is -2.73. The van der Waals surface area contributed by atoms with Gasteiger partial charge < -0.3 is 9.47 Å². The summed E-state index contributed by atoms with van der Waals surface area (Å²) in [7, 11) is 0. The number of cyclic esters (lactones) is 1. The lowest BCUT2D eigenvalue weighted by molar-refractivity contribution is -0.257. The third-order valence-corrected chi connectivity index (χ3v) is 10.1. The summed E-state index contributed by atoms with van der Waals surface area (Å²) in [5, 5.41) is 0. The van der Waals surface area contributed by atoms with E-state index in [-0.39, 0.29) is 34.9 Å². The van der Waals surface area contributed by atoms with Crippen molar-refractivity contribution in [1.29, 1.82) is 0 Å². The zero-order valence-corrected chi connectivity index (χ0v) is 19.8. The Bertz CT molecular complexity index is 1100. The van der Waals surface area contributed by atoms with Crippen LogP contribution in [0, 0.1) is 34.0 Å². The summed E-state index contributed by atoms with van der Waals surface area (Å²) in [5.74, 6) is -0.523. The second-order valence-electron chi connectivity index (χ2n) is 11.5. The van der Waals surface area contributed by atoms with Crippen LogP contribution in [0.1, 0.15) is 57.4 Å². The molecule has 0 radical (unpaired) electrons. The Hall–Kier alpha value is -2.69. The van der Waals surface area contributed by atoms with E-state index in [2.05, 4.69) is 13.5 Å². The molecule has 0 aromatic heterocycles. The molecule has 6 fully saturated rings. The summed E-state index contributed by atoms with van der Waals surface area (Å²) in [6.07, 6.45) is 8.20. The molecule has 5 heteroatoms. The molecule has 5 saturated carbocycles. The van der Waals surface area contributed by atoms with Crippen molar-refractivity contribution in [1.82, 2.24) is 0 Å². The molecule has 1 spiro atoms. The molecule has 5 nitrogen and oxygen atoms in total. The molecule has 0 amide bonds. The molecule has 7 rings (SSSR count). The summed E-state index contributed by atoms with van der Waals surface area (Å²) < 4.78 is 12.0. The van der Waals surface area contributed by atoms with Crippen LogP contribution in [0.2, 0.25) is 0 Å². The number of ether oxygens (including phenoxy) is 2. The van der Waals surface area contributed by atoms with Gasteiger partial charge in [-0.1, -0.05) is 50.3 Å². The first-order valence-corrected chi connectivity index (χ1v) is 12.7. The molecule has 7 atom stereocenters. The van der Waals surface area contributed by atoms with Crippen molar-refractivity contribution in [3.05, 3.63) is 54.1 Å². The van der Waals surface area contributed by atoms with E-state index < -0.39 is 22.9 Å². The van der Waals surface area contributed by atoms with Gasteiger partial charge in [0.05, 0.1) is 17.4 Å². The maximum Gasteiger partial charge on any atom is 0.331 e. The smallest absolute Gasteiger partial charge is 0.331 e. The van der Waals surface area contributed by atoms with E-state index >= 15 is 0 Å². The van der Waals surface area contributed by atoms with E-state index in [1.54, 1.807) is 6.08 Å². The Kier molecular flexibility index (Phi) is 4.75. The minimum Gasteiger partial charge on any atom is -0.465 e. The number of allylic oxidation sites excluding steroid dienone is 1. The summed E-state index contributed by atoms with van der Waals surface area (Å²) in [5.41, 5.74) is -0.0931. The van der Waals surface area contributed by atoms with Crippen LogP contribution >= 0.6 is 0 Å². The monoisotopic (exact) mass is 460 g/mol. The maximum atomic E-state index is 13.9. The number of hydrogen-bond donors (Lipinski definition) is 0. The molecular weight excluding hydrogens is 428 g/mol. The predicted octanol–water partition coefficient (Wildman–Crippen LogP) is 4.91. The van der Waals surface area contributed by atoms with Crippen LogP contribution in [-0.2, 0) is 23.9 Å². The molecular formula is C29H32O5. The second kappa shape index (κ2) is 7.40. The Labute approximate surface area is 200 Å². The van der Waals surface area contributed by atoms with Gasteiger partial charge in [0.25, 0.3) is 0 Å². The summed E-state index contributed by atoms with van der Waals surface area (Å²) in [6, 6.07) is 9.61. The van der Waals surface area contributed by atoms with Gasteiger partial charge in [0.15, 0.2) is 5.78 Å². The second-order valence-corrected chi connectivity index (χ2v) is 11.5. The average molecular weight is 461 g/mol. The standard InChI is InChI=1S/C29H32O5/c1-18-20-11-14-29(25(18)31)22(15-20)28-13-6-12-27(2,17-33-26(28)32)21(28)16-23(29)34-24(30)10-9-19-7-4-3-5-8-19/h3-5,7-10,20-23H,1,6,11-17H2,2H3/b10-9+/t20-,21?,22?,23+,27-,28-,29+/m0/s1. The van der Waals surface area contributed by atoms with Crippen LogP contribution in [0.15, 0.2) is 48.6 Å². The van der Waals surface area contributed by atoms with E-state index in [1.165, 1.54) is 6.08 Å². The SMILES string of the molecule is C=C1C(=O)[C@]23CC[C@H]1CC2[C@@]12CCC[C@@](C)(COC1=O)C2C[C@H]3OC(=O)/C=C/c1ccccc1. The van der Waals surface area contributed by atoms with E-state index in [9.17, 15) is 14.4 Å². The zero-order chi connectivity index (χ0) is 23.7. The van der Waals surface area contributed by atoms with Gasteiger partial charge in [-0.05, 0) is 73.5 Å². The molecule has 2 unspecified atom stereocenters. The van der Waals surface area contributed by atoms with E-state index in [0.717, 1.165) is 37.7 Å². The van der Waals surface area contributed by atoms with Gasteiger partial charge in [0, 0.05) is 11.5 Å².